The Hall–Kier alpha value is -3.12. The van der Waals surface area contributed by atoms with Crippen LogP contribution in [-0.2, 0) is 6.42 Å². The van der Waals surface area contributed by atoms with Crippen molar-refractivity contribution in [3.63, 3.8) is 0 Å². The van der Waals surface area contributed by atoms with Gasteiger partial charge in [-0.25, -0.2) is 0 Å². The van der Waals surface area contributed by atoms with E-state index >= 15 is 0 Å². The van der Waals surface area contributed by atoms with E-state index in [1.165, 1.54) is 29.5 Å². The van der Waals surface area contributed by atoms with E-state index in [9.17, 15) is 0 Å². The van der Waals surface area contributed by atoms with E-state index in [0.29, 0.717) is 17.8 Å². The molecule has 0 aromatic heterocycles. The third kappa shape index (κ3) is 3.76. The topological polar surface area (TPSA) is 0 Å². The molecule has 3 atom stereocenters. The van der Waals surface area contributed by atoms with Crippen LogP contribution in [0.4, 0.5) is 0 Å². The molecule has 0 heteroatoms. The molecule has 0 saturated heterocycles. The minimum absolute atomic E-state index is 0.466. The third-order valence-corrected chi connectivity index (χ3v) is 6.38. The minimum Gasteiger partial charge on any atom is -0.0804 e. The molecule has 0 bridgehead atoms. The SMILES string of the molecule is C(=Cc1ccccc1)C=C(c1ccccc1)C1C=CC2c3ccccc3CC2C1. The molecular weight excluding hydrogens is 348 g/mol. The van der Waals surface area contributed by atoms with Crippen LogP contribution in [0.25, 0.3) is 11.6 Å². The van der Waals surface area contributed by atoms with Crippen molar-refractivity contribution in [3.05, 3.63) is 131 Å². The third-order valence-electron chi connectivity index (χ3n) is 6.38. The zero-order valence-electron chi connectivity index (χ0n) is 16.6. The van der Waals surface area contributed by atoms with Gasteiger partial charge in [0.25, 0.3) is 0 Å². The molecule has 2 aliphatic rings. The normalized spacial score (nSPS) is 23.2. The molecule has 0 nitrogen and oxygen atoms in total. The maximum Gasteiger partial charge on any atom is 0.00527 e. The standard InChI is InChI=1S/C29H26/c1-3-10-22(11-4-1)12-9-17-27(23-13-5-2-6-14-23)25-18-19-29-26(21-25)20-24-15-7-8-16-28(24)29/h1-19,25-26,29H,20-21H2. The molecule has 0 heterocycles. The van der Waals surface area contributed by atoms with E-state index in [2.05, 4.69) is 115 Å². The van der Waals surface area contributed by atoms with Crippen molar-refractivity contribution in [2.75, 3.05) is 0 Å². The molecule has 0 radical (unpaired) electrons. The second-order valence-corrected chi connectivity index (χ2v) is 8.17. The molecule has 3 unspecified atom stereocenters. The molecule has 0 saturated carbocycles. The van der Waals surface area contributed by atoms with Gasteiger partial charge in [-0.3, -0.25) is 0 Å². The van der Waals surface area contributed by atoms with Gasteiger partial charge in [-0.1, -0.05) is 115 Å². The lowest BCUT2D eigenvalue weighted by molar-refractivity contribution is 0.425. The van der Waals surface area contributed by atoms with E-state index in [-0.39, 0.29) is 0 Å². The van der Waals surface area contributed by atoms with Crippen LogP contribution in [0, 0.1) is 11.8 Å². The first kappa shape index (κ1) is 17.9. The van der Waals surface area contributed by atoms with Crippen LogP contribution in [0.3, 0.4) is 0 Å². The fraction of sp³-hybridized carbons (Fsp3) is 0.172. The van der Waals surface area contributed by atoms with Gasteiger partial charge in [0.15, 0.2) is 0 Å². The van der Waals surface area contributed by atoms with E-state index in [1.807, 2.05) is 0 Å². The highest BCUT2D eigenvalue weighted by Crippen LogP contribution is 2.47. The van der Waals surface area contributed by atoms with Crippen LogP contribution in [0.1, 0.15) is 34.6 Å². The Morgan fingerprint density at radius 3 is 2.31 bits per heavy atom. The molecule has 29 heavy (non-hydrogen) atoms. The second-order valence-electron chi connectivity index (χ2n) is 8.17. The van der Waals surface area contributed by atoms with Crippen LogP contribution in [0.2, 0.25) is 0 Å². The predicted octanol–water partition coefficient (Wildman–Crippen LogP) is 7.32. The van der Waals surface area contributed by atoms with Crippen LogP contribution in [0.5, 0.6) is 0 Å². The van der Waals surface area contributed by atoms with Crippen molar-refractivity contribution in [1.29, 1.82) is 0 Å². The Morgan fingerprint density at radius 2 is 1.48 bits per heavy atom. The minimum atomic E-state index is 0.466. The van der Waals surface area contributed by atoms with Crippen molar-refractivity contribution in [3.8, 4) is 0 Å². The largest absolute Gasteiger partial charge is 0.0804 e. The van der Waals surface area contributed by atoms with E-state index in [4.69, 9.17) is 0 Å². The van der Waals surface area contributed by atoms with Gasteiger partial charge in [0.05, 0.1) is 0 Å². The Balaban J connectivity index is 1.44. The van der Waals surface area contributed by atoms with Crippen LogP contribution in [0.15, 0.2) is 109 Å². The maximum atomic E-state index is 2.47. The molecule has 0 spiro atoms. The van der Waals surface area contributed by atoms with Crippen LogP contribution < -0.4 is 0 Å². The van der Waals surface area contributed by atoms with Gasteiger partial charge in [-0.2, -0.15) is 0 Å². The molecular formula is C29H26. The first-order valence-electron chi connectivity index (χ1n) is 10.6. The summed E-state index contributed by atoms with van der Waals surface area (Å²) in [5, 5.41) is 0. The van der Waals surface area contributed by atoms with Crippen molar-refractivity contribution in [2.24, 2.45) is 11.8 Å². The lowest BCUT2D eigenvalue weighted by Gasteiger charge is -2.29. The molecule has 3 aromatic rings. The molecule has 0 N–H and O–H groups in total. The van der Waals surface area contributed by atoms with E-state index in [1.54, 1.807) is 11.1 Å². The number of rotatable bonds is 4. The highest BCUT2D eigenvalue weighted by molar-refractivity contribution is 5.72. The quantitative estimate of drug-likeness (QED) is 0.331. The van der Waals surface area contributed by atoms with Gasteiger partial charge in [-0.05, 0) is 46.6 Å². The summed E-state index contributed by atoms with van der Waals surface area (Å²) in [5.41, 5.74) is 7.07. The first-order valence-corrected chi connectivity index (χ1v) is 10.6. The molecule has 3 aromatic carbocycles. The molecule has 5 rings (SSSR count). The van der Waals surface area contributed by atoms with Gasteiger partial charge in [-0.15, -0.1) is 0 Å². The van der Waals surface area contributed by atoms with Gasteiger partial charge in [0.2, 0.25) is 0 Å². The van der Waals surface area contributed by atoms with Crippen LogP contribution in [-0.4, -0.2) is 0 Å². The Bertz CT molecular complexity index is 1050. The van der Waals surface area contributed by atoms with Gasteiger partial charge in [0.1, 0.15) is 0 Å². The fourth-order valence-electron chi connectivity index (χ4n) is 4.98. The summed E-state index contributed by atoms with van der Waals surface area (Å²) in [5.74, 6) is 1.78. The average Bonchev–Trinajstić information content (AvgIpc) is 3.16. The van der Waals surface area contributed by atoms with E-state index < -0.39 is 0 Å². The van der Waals surface area contributed by atoms with Crippen molar-refractivity contribution in [1.82, 2.24) is 0 Å². The van der Waals surface area contributed by atoms with Crippen molar-refractivity contribution < 1.29 is 0 Å². The lowest BCUT2D eigenvalue weighted by atomic mass is 9.75. The average molecular weight is 375 g/mol. The second kappa shape index (κ2) is 8.09. The zero-order chi connectivity index (χ0) is 19.5. The summed E-state index contributed by atoms with van der Waals surface area (Å²) in [6.07, 6.45) is 14.1. The summed E-state index contributed by atoms with van der Waals surface area (Å²) in [6, 6.07) is 30.4. The maximum absolute atomic E-state index is 2.47. The molecule has 2 aliphatic carbocycles. The highest BCUT2D eigenvalue weighted by atomic mass is 14.4. The van der Waals surface area contributed by atoms with Gasteiger partial charge < -0.3 is 0 Å². The summed E-state index contributed by atoms with van der Waals surface area (Å²) >= 11 is 0. The van der Waals surface area contributed by atoms with Crippen molar-refractivity contribution >= 4 is 11.6 Å². The Kier molecular flexibility index (Phi) is 5.01. The lowest BCUT2D eigenvalue weighted by Crippen LogP contribution is -2.17. The summed E-state index contributed by atoms with van der Waals surface area (Å²) in [6.45, 7) is 0. The summed E-state index contributed by atoms with van der Waals surface area (Å²) in [4.78, 5) is 0. The first-order chi connectivity index (χ1) is 14.4. The number of hydrogen-bond acceptors (Lipinski definition) is 0. The number of fused-ring (bicyclic) bond motifs is 3. The molecule has 0 fully saturated rings. The fourth-order valence-corrected chi connectivity index (χ4v) is 4.98. The number of benzene rings is 3. The molecule has 0 amide bonds. The summed E-state index contributed by atoms with van der Waals surface area (Å²) < 4.78 is 0. The van der Waals surface area contributed by atoms with Crippen LogP contribution >= 0.6 is 0 Å². The highest BCUT2D eigenvalue weighted by Gasteiger charge is 2.35. The van der Waals surface area contributed by atoms with Crippen molar-refractivity contribution in [2.45, 2.75) is 18.8 Å². The number of hydrogen-bond donors (Lipinski definition) is 0. The Labute approximate surface area is 173 Å². The summed E-state index contributed by atoms with van der Waals surface area (Å²) in [7, 11) is 0. The van der Waals surface area contributed by atoms with E-state index in [0.717, 1.165) is 0 Å². The molecule has 142 valence electrons. The predicted molar refractivity (Wildman–Crippen MR) is 124 cm³/mol. The molecule has 0 aliphatic heterocycles. The monoisotopic (exact) mass is 374 g/mol. The van der Waals surface area contributed by atoms with Gasteiger partial charge >= 0.3 is 0 Å². The smallest absolute Gasteiger partial charge is 0.00527 e. The number of allylic oxidation sites excluding steroid dienone is 5. The Morgan fingerprint density at radius 1 is 0.759 bits per heavy atom. The van der Waals surface area contributed by atoms with Gasteiger partial charge in [0, 0.05) is 11.8 Å². The zero-order valence-corrected chi connectivity index (χ0v) is 16.6.